The van der Waals surface area contributed by atoms with Crippen molar-refractivity contribution in [3.63, 3.8) is 0 Å². The monoisotopic (exact) mass is 232 g/mol. The van der Waals surface area contributed by atoms with Crippen LogP contribution in [0.5, 0.6) is 5.75 Å². The molecule has 1 aliphatic rings. The molecule has 94 valence electrons. The fraction of sp³-hybridized carbons (Fsp3) is 0.625. The first-order valence-electron chi connectivity index (χ1n) is 6.98. The molecule has 0 unspecified atom stereocenters. The summed E-state index contributed by atoms with van der Waals surface area (Å²) in [7, 11) is 0. The molecule has 0 aromatic heterocycles. The van der Waals surface area contributed by atoms with Crippen LogP contribution >= 0.6 is 0 Å². The molecule has 1 aromatic carbocycles. The molecule has 1 aliphatic carbocycles. The second-order valence-electron chi connectivity index (χ2n) is 5.76. The van der Waals surface area contributed by atoms with Gasteiger partial charge in [-0.1, -0.05) is 58.1 Å². The average Bonchev–Trinajstić information content (AvgIpc) is 2.32. The van der Waals surface area contributed by atoms with E-state index < -0.39 is 0 Å². The lowest BCUT2D eigenvalue weighted by molar-refractivity contribution is 0.356. The van der Waals surface area contributed by atoms with Gasteiger partial charge in [-0.3, -0.25) is 0 Å². The van der Waals surface area contributed by atoms with E-state index in [1.54, 1.807) is 0 Å². The van der Waals surface area contributed by atoms with Crippen LogP contribution in [0.1, 0.15) is 63.0 Å². The van der Waals surface area contributed by atoms with Crippen LogP contribution in [0.25, 0.3) is 0 Å². The molecule has 2 rings (SSSR count). The Balaban J connectivity index is 2.07. The van der Waals surface area contributed by atoms with Gasteiger partial charge in [0.2, 0.25) is 0 Å². The fourth-order valence-corrected chi connectivity index (χ4v) is 2.92. The Hall–Kier alpha value is -0.980. The van der Waals surface area contributed by atoms with Gasteiger partial charge >= 0.3 is 0 Å². The van der Waals surface area contributed by atoms with Crippen LogP contribution in [0.15, 0.2) is 18.2 Å². The van der Waals surface area contributed by atoms with Gasteiger partial charge in [0.15, 0.2) is 0 Å². The van der Waals surface area contributed by atoms with Crippen LogP contribution in [0, 0.1) is 5.92 Å². The molecule has 0 radical (unpaired) electrons. The van der Waals surface area contributed by atoms with Crippen LogP contribution in [0.3, 0.4) is 0 Å². The van der Waals surface area contributed by atoms with Gasteiger partial charge in [-0.2, -0.15) is 0 Å². The highest BCUT2D eigenvalue weighted by atomic mass is 16.3. The Labute approximate surface area is 105 Å². The van der Waals surface area contributed by atoms with E-state index in [0.29, 0.717) is 11.7 Å². The molecular weight excluding hydrogens is 208 g/mol. The molecule has 0 heterocycles. The van der Waals surface area contributed by atoms with Crippen molar-refractivity contribution < 1.29 is 5.11 Å². The maximum absolute atomic E-state index is 9.81. The third kappa shape index (κ3) is 3.24. The maximum atomic E-state index is 9.81. The predicted molar refractivity (Wildman–Crippen MR) is 72.5 cm³/mol. The van der Waals surface area contributed by atoms with E-state index >= 15 is 0 Å². The van der Waals surface area contributed by atoms with Crippen molar-refractivity contribution in [3.05, 3.63) is 29.3 Å². The lowest BCUT2D eigenvalue weighted by atomic mass is 9.84. The largest absolute Gasteiger partial charge is 0.508 e. The Morgan fingerprint density at radius 3 is 2.53 bits per heavy atom. The molecule has 0 saturated heterocycles. The molecule has 0 bridgehead atoms. The Morgan fingerprint density at radius 1 is 1.18 bits per heavy atom. The minimum Gasteiger partial charge on any atom is -0.508 e. The van der Waals surface area contributed by atoms with Gasteiger partial charge in [0, 0.05) is 0 Å². The standard InChI is InChI=1S/C16H24O/c1-12(2)15-11-14(8-9-16(15)17)10-13-6-4-3-5-7-13/h8-9,11-13,17H,3-7,10H2,1-2H3. The molecular formula is C16H24O. The van der Waals surface area contributed by atoms with E-state index in [2.05, 4.69) is 26.0 Å². The van der Waals surface area contributed by atoms with E-state index in [4.69, 9.17) is 0 Å². The van der Waals surface area contributed by atoms with E-state index in [0.717, 1.165) is 11.5 Å². The van der Waals surface area contributed by atoms with Crippen molar-refractivity contribution in [2.75, 3.05) is 0 Å². The molecule has 0 spiro atoms. The van der Waals surface area contributed by atoms with E-state index in [-0.39, 0.29) is 0 Å². The first kappa shape index (κ1) is 12.5. The van der Waals surface area contributed by atoms with Gasteiger partial charge in [0.1, 0.15) is 5.75 Å². The van der Waals surface area contributed by atoms with Crippen LogP contribution in [0.4, 0.5) is 0 Å². The highest BCUT2D eigenvalue weighted by molar-refractivity contribution is 5.38. The van der Waals surface area contributed by atoms with Crippen LogP contribution in [-0.2, 0) is 6.42 Å². The van der Waals surface area contributed by atoms with Crippen molar-refractivity contribution >= 4 is 0 Å². The van der Waals surface area contributed by atoms with Crippen LogP contribution in [0.2, 0.25) is 0 Å². The Morgan fingerprint density at radius 2 is 1.88 bits per heavy atom. The number of phenols is 1. The van der Waals surface area contributed by atoms with E-state index in [1.165, 1.54) is 44.1 Å². The summed E-state index contributed by atoms with van der Waals surface area (Å²) in [4.78, 5) is 0. The van der Waals surface area contributed by atoms with Crippen LogP contribution < -0.4 is 0 Å². The second-order valence-corrected chi connectivity index (χ2v) is 5.76. The SMILES string of the molecule is CC(C)c1cc(CC2CCCCC2)ccc1O. The zero-order valence-electron chi connectivity index (χ0n) is 11.1. The lowest BCUT2D eigenvalue weighted by Crippen LogP contribution is -2.09. The molecule has 1 N–H and O–H groups in total. The normalized spacial score (nSPS) is 17.6. The zero-order chi connectivity index (χ0) is 12.3. The summed E-state index contributed by atoms with van der Waals surface area (Å²) in [6.07, 6.45) is 8.19. The summed E-state index contributed by atoms with van der Waals surface area (Å²) in [6.45, 7) is 4.28. The number of hydrogen-bond donors (Lipinski definition) is 1. The number of rotatable bonds is 3. The Kier molecular flexibility index (Phi) is 4.09. The summed E-state index contributed by atoms with van der Waals surface area (Å²) in [6, 6.07) is 6.16. The maximum Gasteiger partial charge on any atom is 0.119 e. The number of benzene rings is 1. The van der Waals surface area contributed by atoms with Crippen molar-refractivity contribution in [1.29, 1.82) is 0 Å². The van der Waals surface area contributed by atoms with Crippen LogP contribution in [-0.4, -0.2) is 5.11 Å². The predicted octanol–water partition coefficient (Wildman–Crippen LogP) is 4.64. The highest BCUT2D eigenvalue weighted by Crippen LogP contribution is 2.30. The van der Waals surface area contributed by atoms with Gasteiger partial charge in [0.25, 0.3) is 0 Å². The molecule has 0 amide bonds. The zero-order valence-corrected chi connectivity index (χ0v) is 11.1. The second kappa shape index (κ2) is 5.57. The minimum absolute atomic E-state index is 0.404. The molecule has 1 heteroatoms. The summed E-state index contributed by atoms with van der Waals surface area (Å²) < 4.78 is 0. The molecule has 1 fully saturated rings. The molecule has 1 aromatic rings. The summed E-state index contributed by atoms with van der Waals surface area (Å²) >= 11 is 0. The molecule has 1 saturated carbocycles. The molecule has 17 heavy (non-hydrogen) atoms. The first-order chi connectivity index (χ1) is 8.16. The van der Waals surface area contributed by atoms with Gasteiger partial charge in [-0.15, -0.1) is 0 Å². The smallest absolute Gasteiger partial charge is 0.119 e. The lowest BCUT2D eigenvalue weighted by Gasteiger charge is -2.22. The Bertz CT molecular complexity index is 362. The van der Waals surface area contributed by atoms with Crippen molar-refractivity contribution in [1.82, 2.24) is 0 Å². The van der Waals surface area contributed by atoms with Gasteiger partial charge in [-0.25, -0.2) is 0 Å². The summed E-state index contributed by atoms with van der Waals surface area (Å²) in [5.74, 6) is 1.72. The molecule has 0 atom stereocenters. The van der Waals surface area contributed by atoms with Crippen molar-refractivity contribution in [2.24, 2.45) is 5.92 Å². The number of aromatic hydroxyl groups is 1. The average molecular weight is 232 g/mol. The summed E-state index contributed by atoms with van der Waals surface area (Å²) in [5.41, 5.74) is 2.50. The van der Waals surface area contributed by atoms with Gasteiger partial charge in [-0.05, 0) is 35.4 Å². The van der Waals surface area contributed by atoms with Crippen molar-refractivity contribution in [2.45, 2.75) is 58.3 Å². The molecule has 0 aliphatic heterocycles. The third-order valence-corrected chi connectivity index (χ3v) is 3.96. The van der Waals surface area contributed by atoms with E-state index in [9.17, 15) is 5.11 Å². The fourth-order valence-electron chi connectivity index (χ4n) is 2.92. The first-order valence-corrected chi connectivity index (χ1v) is 6.98. The van der Waals surface area contributed by atoms with E-state index in [1.807, 2.05) is 6.07 Å². The van der Waals surface area contributed by atoms with Crippen molar-refractivity contribution in [3.8, 4) is 5.75 Å². The quantitative estimate of drug-likeness (QED) is 0.805. The minimum atomic E-state index is 0.404. The summed E-state index contributed by atoms with van der Waals surface area (Å²) in [5, 5.41) is 9.81. The topological polar surface area (TPSA) is 20.2 Å². The molecule has 1 nitrogen and oxygen atoms in total. The van der Waals surface area contributed by atoms with Gasteiger partial charge in [0.05, 0.1) is 0 Å². The highest BCUT2D eigenvalue weighted by Gasteiger charge is 2.15. The number of hydrogen-bond acceptors (Lipinski definition) is 1. The van der Waals surface area contributed by atoms with Gasteiger partial charge < -0.3 is 5.11 Å². The third-order valence-electron chi connectivity index (χ3n) is 3.96. The number of phenolic OH excluding ortho intramolecular Hbond substituents is 1.